The minimum atomic E-state index is 0.0752. The van der Waals surface area contributed by atoms with Crippen molar-refractivity contribution in [3.63, 3.8) is 0 Å². The molecule has 0 saturated carbocycles. The third-order valence-electron chi connectivity index (χ3n) is 5.41. The maximum atomic E-state index is 2.34. The molecule has 23 heavy (non-hydrogen) atoms. The van der Waals surface area contributed by atoms with Gasteiger partial charge in [0.2, 0.25) is 0 Å². The largest absolute Gasteiger partial charge is 0.0829 e. The Morgan fingerprint density at radius 1 is 0.739 bits per heavy atom. The number of benzene rings is 3. The van der Waals surface area contributed by atoms with Crippen LogP contribution in [-0.2, 0) is 5.41 Å². The lowest BCUT2D eigenvalue weighted by Gasteiger charge is -2.21. The normalized spacial score (nSPS) is 19.8. The Kier molecular flexibility index (Phi) is 2.99. The topological polar surface area (TPSA) is 0 Å². The molecule has 0 aliphatic heterocycles. The van der Waals surface area contributed by atoms with Crippen molar-refractivity contribution >= 4 is 27.1 Å². The summed E-state index contributed by atoms with van der Waals surface area (Å²) in [6, 6.07) is 17.9. The first kappa shape index (κ1) is 14.3. The SMILES string of the molecule is CC=C1/C(=C\C)c2c(ccc3c2ccc2ccccc23)C1(C)C. The second-order valence-corrected chi connectivity index (χ2v) is 6.90. The van der Waals surface area contributed by atoms with Gasteiger partial charge in [0.05, 0.1) is 0 Å². The molecule has 4 rings (SSSR count). The summed E-state index contributed by atoms with van der Waals surface area (Å²) in [6.45, 7) is 8.99. The molecule has 0 nitrogen and oxygen atoms in total. The van der Waals surface area contributed by atoms with Gasteiger partial charge in [-0.2, -0.15) is 0 Å². The monoisotopic (exact) mass is 298 g/mol. The van der Waals surface area contributed by atoms with Crippen LogP contribution in [0.1, 0.15) is 38.8 Å². The summed E-state index contributed by atoms with van der Waals surface area (Å²) in [5.41, 5.74) is 5.78. The zero-order valence-corrected chi connectivity index (χ0v) is 14.3. The number of fused-ring (bicyclic) bond motifs is 5. The lowest BCUT2D eigenvalue weighted by Crippen LogP contribution is -2.14. The van der Waals surface area contributed by atoms with Gasteiger partial charge in [0.1, 0.15) is 0 Å². The summed E-state index contributed by atoms with van der Waals surface area (Å²) >= 11 is 0. The molecule has 0 bridgehead atoms. The Labute approximate surface area is 138 Å². The number of rotatable bonds is 0. The van der Waals surface area contributed by atoms with Crippen molar-refractivity contribution < 1.29 is 0 Å². The Hall–Kier alpha value is -2.34. The standard InChI is InChI=1S/C23H22/c1-5-16-20(6-2)23(3,4)21-14-13-18-17-10-8-7-9-15(17)11-12-19(18)22(16)21/h5-14H,1-4H3/b16-5+,20-6?. The summed E-state index contributed by atoms with van der Waals surface area (Å²) in [7, 11) is 0. The molecule has 0 aromatic heterocycles. The quantitative estimate of drug-likeness (QED) is 0.408. The minimum Gasteiger partial charge on any atom is -0.0829 e. The molecule has 1 aliphatic carbocycles. The first-order valence-corrected chi connectivity index (χ1v) is 8.38. The number of allylic oxidation sites excluding steroid dienone is 4. The predicted octanol–water partition coefficient (Wildman–Crippen LogP) is 6.63. The third kappa shape index (κ3) is 1.78. The highest BCUT2D eigenvalue weighted by Gasteiger charge is 2.38. The van der Waals surface area contributed by atoms with Gasteiger partial charge in [0, 0.05) is 5.41 Å². The van der Waals surface area contributed by atoms with E-state index in [-0.39, 0.29) is 5.41 Å². The van der Waals surface area contributed by atoms with Gasteiger partial charge in [-0.05, 0) is 57.7 Å². The highest BCUT2D eigenvalue weighted by atomic mass is 14.4. The molecule has 0 N–H and O–H groups in total. The van der Waals surface area contributed by atoms with E-state index in [1.54, 1.807) is 0 Å². The van der Waals surface area contributed by atoms with E-state index in [0.717, 1.165) is 0 Å². The smallest absolute Gasteiger partial charge is 0.0155 e. The fourth-order valence-corrected chi connectivity index (χ4v) is 4.33. The van der Waals surface area contributed by atoms with Gasteiger partial charge in [0.15, 0.2) is 0 Å². The maximum absolute atomic E-state index is 2.34. The van der Waals surface area contributed by atoms with Crippen molar-refractivity contribution in [1.82, 2.24) is 0 Å². The van der Waals surface area contributed by atoms with Crippen LogP contribution < -0.4 is 0 Å². The number of hydrogen-bond acceptors (Lipinski definition) is 0. The van der Waals surface area contributed by atoms with Crippen molar-refractivity contribution in [3.8, 4) is 0 Å². The van der Waals surface area contributed by atoms with Gasteiger partial charge in [-0.3, -0.25) is 0 Å². The van der Waals surface area contributed by atoms with E-state index in [0.29, 0.717) is 0 Å². The molecule has 0 unspecified atom stereocenters. The van der Waals surface area contributed by atoms with Crippen LogP contribution in [0.5, 0.6) is 0 Å². The molecule has 0 heterocycles. The van der Waals surface area contributed by atoms with Crippen molar-refractivity contribution in [1.29, 1.82) is 0 Å². The second-order valence-electron chi connectivity index (χ2n) is 6.90. The summed E-state index contributed by atoms with van der Waals surface area (Å²) in [4.78, 5) is 0. The summed E-state index contributed by atoms with van der Waals surface area (Å²) in [6.07, 6.45) is 4.56. The molecule has 0 spiro atoms. The zero-order chi connectivity index (χ0) is 16.2. The van der Waals surface area contributed by atoms with Crippen LogP contribution in [0.4, 0.5) is 0 Å². The fraction of sp³-hybridized carbons (Fsp3) is 0.217. The van der Waals surface area contributed by atoms with E-state index in [9.17, 15) is 0 Å². The molecular formula is C23H22. The highest BCUT2D eigenvalue weighted by molar-refractivity contribution is 6.13. The molecule has 114 valence electrons. The maximum Gasteiger partial charge on any atom is 0.0155 e. The van der Waals surface area contributed by atoms with E-state index in [1.807, 2.05) is 0 Å². The molecule has 3 aromatic carbocycles. The van der Waals surface area contributed by atoms with E-state index in [2.05, 4.69) is 88.4 Å². The molecule has 0 fully saturated rings. The van der Waals surface area contributed by atoms with Crippen LogP contribution in [0.2, 0.25) is 0 Å². The summed E-state index contributed by atoms with van der Waals surface area (Å²) in [5, 5.41) is 5.38. The summed E-state index contributed by atoms with van der Waals surface area (Å²) in [5.74, 6) is 0. The van der Waals surface area contributed by atoms with Crippen molar-refractivity contribution in [2.75, 3.05) is 0 Å². The van der Waals surface area contributed by atoms with Crippen LogP contribution in [0.25, 0.3) is 27.1 Å². The van der Waals surface area contributed by atoms with Gasteiger partial charge in [0.25, 0.3) is 0 Å². The van der Waals surface area contributed by atoms with Crippen molar-refractivity contribution in [2.45, 2.75) is 33.1 Å². The molecule has 1 aliphatic rings. The Morgan fingerprint density at radius 3 is 2.22 bits per heavy atom. The highest BCUT2D eigenvalue weighted by Crippen LogP contribution is 2.52. The van der Waals surface area contributed by atoms with Gasteiger partial charge >= 0.3 is 0 Å². The van der Waals surface area contributed by atoms with Crippen LogP contribution in [-0.4, -0.2) is 0 Å². The Morgan fingerprint density at radius 2 is 1.48 bits per heavy atom. The van der Waals surface area contributed by atoms with Crippen LogP contribution in [0.15, 0.2) is 66.3 Å². The molecule has 0 heteroatoms. The molecule has 3 aromatic rings. The lowest BCUT2D eigenvalue weighted by molar-refractivity contribution is 0.660. The Balaban J connectivity index is 2.20. The van der Waals surface area contributed by atoms with E-state index in [1.165, 1.54) is 43.8 Å². The van der Waals surface area contributed by atoms with Crippen molar-refractivity contribution in [2.24, 2.45) is 0 Å². The number of hydrogen-bond donors (Lipinski definition) is 0. The average molecular weight is 298 g/mol. The lowest BCUT2D eigenvalue weighted by atomic mass is 9.82. The van der Waals surface area contributed by atoms with Gasteiger partial charge < -0.3 is 0 Å². The zero-order valence-electron chi connectivity index (χ0n) is 14.3. The fourth-order valence-electron chi connectivity index (χ4n) is 4.33. The average Bonchev–Trinajstić information content (AvgIpc) is 2.80. The van der Waals surface area contributed by atoms with Crippen LogP contribution in [0.3, 0.4) is 0 Å². The van der Waals surface area contributed by atoms with Crippen LogP contribution in [0, 0.1) is 0 Å². The molecular weight excluding hydrogens is 276 g/mol. The van der Waals surface area contributed by atoms with Crippen LogP contribution >= 0.6 is 0 Å². The molecule has 0 atom stereocenters. The first-order chi connectivity index (χ1) is 11.1. The molecule has 0 amide bonds. The van der Waals surface area contributed by atoms with Gasteiger partial charge in [-0.1, -0.05) is 74.5 Å². The van der Waals surface area contributed by atoms with Gasteiger partial charge in [-0.15, -0.1) is 0 Å². The second kappa shape index (κ2) is 4.83. The first-order valence-electron chi connectivity index (χ1n) is 8.38. The molecule has 0 saturated heterocycles. The third-order valence-corrected chi connectivity index (χ3v) is 5.41. The van der Waals surface area contributed by atoms with E-state index in [4.69, 9.17) is 0 Å². The van der Waals surface area contributed by atoms with E-state index < -0.39 is 0 Å². The van der Waals surface area contributed by atoms with Crippen molar-refractivity contribution in [3.05, 3.63) is 77.4 Å². The Bertz CT molecular complexity index is 997. The summed E-state index contributed by atoms with van der Waals surface area (Å²) < 4.78 is 0. The van der Waals surface area contributed by atoms with E-state index >= 15 is 0 Å². The minimum absolute atomic E-state index is 0.0752. The predicted molar refractivity (Wildman–Crippen MR) is 102 cm³/mol. The van der Waals surface area contributed by atoms with Gasteiger partial charge in [-0.25, -0.2) is 0 Å². The molecule has 0 radical (unpaired) electrons.